The lowest BCUT2D eigenvalue weighted by atomic mass is 10.1. The molecule has 2 rings (SSSR count). The van der Waals surface area contributed by atoms with Crippen molar-refractivity contribution in [1.82, 2.24) is 0 Å². The first kappa shape index (κ1) is 15.1. The first-order valence-electron chi connectivity index (χ1n) is 6.30. The van der Waals surface area contributed by atoms with Crippen molar-refractivity contribution in [2.75, 3.05) is 5.32 Å². The van der Waals surface area contributed by atoms with Crippen molar-refractivity contribution >= 4 is 29.2 Å². The average Bonchev–Trinajstić information content (AvgIpc) is 2.40. The van der Waals surface area contributed by atoms with Gasteiger partial charge in [0.05, 0.1) is 5.56 Å². The molecule has 2 N–H and O–H groups in total. The highest BCUT2D eigenvalue weighted by molar-refractivity contribution is 6.30. The number of halogens is 1. The Kier molecular flexibility index (Phi) is 4.29. The maximum Gasteiger partial charge on any atom is 0.335 e. The van der Waals surface area contributed by atoms with Gasteiger partial charge in [0.15, 0.2) is 0 Å². The predicted octanol–water partition coefficient (Wildman–Crippen LogP) is 3.91. The van der Waals surface area contributed by atoms with Gasteiger partial charge < -0.3 is 10.4 Å². The highest BCUT2D eigenvalue weighted by Crippen LogP contribution is 2.20. The molecule has 2 aromatic carbocycles. The van der Waals surface area contributed by atoms with E-state index in [0.29, 0.717) is 16.3 Å². The number of amides is 1. The zero-order valence-corrected chi connectivity index (χ0v) is 12.4. The number of nitrogens with one attached hydrogen (secondary N) is 1. The van der Waals surface area contributed by atoms with Crippen LogP contribution >= 0.6 is 11.6 Å². The summed E-state index contributed by atoms with van der Waals surface area (Å²) in [5, 5.41) is 12.3. The summed E-state index contributed by atoms with van der Waals surface area (Å²) in [5.74, 6) is -1.33. The lowest BCUT2D eigenvalue weighted by Gasteiger charge is -2.11. The quantitative estimate of drug-likeness (QED) is 0.903. The van der Waals surface area contributed by atoms with E-state index in [9.17, 15) is 9.59 Å². The second-order valence-corrected chi connectivity index (χ2v) is 5.18. The van der Waals surface area contributed by atoms with E-state index in [-0.39, 0.29) is 11.5 Å². The molecule has 0 fully saturated rings. The molecule has 21 heavy (non-hydrogen) atoms. The number of benzene rings is 2. The van der Waals surface area contributed by atoms with Gasteiger partial charge in [-0.3, -0.25) is 4.79 Å². The van der Waals surface area contributed by atoms with Gasteiger partial charge in [0.2, 0.25) is 0 Å². The molecule has 0 aromatic heterocycles. The summed E-state index contributed by atoms with van der Waals surface area (Å²) in [6.45, 7) is 3.59. The van der Waals surface area contributed by atoms with Crippen molar-refractivity contribution in [3.63, 3.8) is 0 Å². The first-order valence-corrected chi connectivity index (χ1v) is 6.67. The van der Waals surface area contributed by atoms with Crippen molar-refractivity contribution in [3.8, 4) is 0 Å². The predicted molar refractivity (Wildman–Crippen MR) is 82.3 cm³/mol. The Morgan fingerprint density at radius 2 is 1.76 bits per heavy atom. The van der Waals surface area contributed by atoms with Crippen LogP contribution in [0, 0.1) is 13.8 Å². The molecule has 1 amide bonds. The van der Waals surface area contributed by atoms with Gasteiger partial charge in [0.1, 0.15) is 0 Å². The van der Waals surface area contributed by atoms with E-state index in [1.165, 1.54) is 12.1 Å². The van der Waals surface area contributed by atoms with Crippen molar-refractivity contribution in [2.24, 2.45) is 0 Å². The number of rotatable bonds is 3. The van der Waals surface area contributed by atoms with Crippen molar-refractivity contribution in [2.45, 2.75) is 13.8 Å². The van der Waals surface area contributed by atoms with Crippen LogP contribution in [0.15, 0.2) is 36.4 Å². The Balaban J connectivity index is 2.31. The van der Waals surface area contributed by atoms with Crippen LogP contribution in [0.25, 0.3) is 0 Å². The molecule has 4 nitrogen and oxygen atoms in total. The number of carbonyl (C=O) groups is 2. The summed E-state index contributed by atoms with van der Waals surface area (Å²) in [6, 6.07) is 9.60. The number of carboxylic acid groups (broad SMARTS) is 1. The van der Waals surface area contributed by atoms with E-state index in [1.54, 1.807) is 38.1 Å². The number of hydrogen-bond donors (Lipinski definition) is 2. The third kappa shape index (κ3) is 3.41. The Bertz CT molecular complexity index is 725. The number of hydrogen-bond acceptors (Lipinski definition) is 2. The minimum atomic E-state index is -1.03. The summed E-state index contributed by atoms with van der Waals surface area (Å²) in [6.07, 6.45) is 0. The summed E-state index contributed by atoms with van der Waals surface area (Å²) >= 11 is 5.87. The Hall–Kier alpha value is -2.33. The Morgan fingerprint density at radius 3 is 2.38 bits per heavy atom. The lowest BCUT2D eigenvalue weighted by Crippen LogP contribution is -2.14. The Labute approximate surface area is 127 Å². The third-order valence-electron chi connectivity index (χ3n) is 3.17. The van der Waals surface area contributed by atoms with Gasteiger partial charge in [-0.05, 0) is 55.3 Å². The van der Waals surface area contributed by atoms with Gasteiger partial charge in [-0.2, -0.15) is 0 Å². The highest BCUT2D eigenvalue weighted by Gasteiger charge is 2.12. The van der Waals surface area contributed by atoms with Crippen molar-refractivity contribution in [3.05, 3.63) is 63.7 Å². The number of aromatic carboxylic acids is 1. The molecule has 0 atom stereocenters. The number of carbonyl (C=O) groups excluding carboxylic acids is 1. The number of anilines is 1. The molecule has 0 saturated carbocycles. The van der Waals surface area contributed by atoms with Crippen LogP contribution in [-0.2, 0) is 0 Å². The summed E-state index contributed by atoms with van der Waals surface area (Å²) in [4.78, 5) is 23.3. The fraction of sp³-hybridized carbons (Fsp3) is 0.125. The topological polar surface area (TPSA) is 66.4 Å². The normalized spacial score (nSPS) is 10.2. The molecule has 0 bridgehead atoms. The molecule has 2 aromatic rings. The maximum atomic E-state index is 12.3. The van der Waals surface area contributed by atoms with Crippen LogP contribution in [0.3, 0.4) is 0 Å². The first-order chi connectivity index (χ1) is 9.88. The van der Waals surface area contributed by atoms with Crippen LogP contribution in [0.5, 0.6) is 0 Å². The molecular weight excluding hydrogens is 290 g/mol. The number of carboxylic acids is 1. The van der Waals surface area contributed by atoms with E-state index in [2.05, 4.69) is 5.32 Å². The molecule has 0 aliphatic rings. The van der Waals surface area contributed by atoms with Crippen molar-refractivity contribution in [1.29, 1.82) is 0 Å². The molecule has 0 radical (unpaired) electrons. The zero-order chi connectivity index (χ0) is 15.6. The van der Waals surface area contributed by atoms with Gasteiger partial charge in [-0.15, -0.1) is 0 Å². The van der Waals surface area contributed by atoms with Crippen LogP contribution < -0.4 is 5.32 Å². The lowest BCUT2D eigenvalue weighted by molar-refractivity contribution is 0.0696. The van der Waals surface area contributed by atoms with Crippen LogP contribution in [0.4, 0.5) is 5.69 Å². The molecule has 0 unspecified atom stereocenters. The van der Waals surface area contributed by atoms with Gasteiger partial charge in [0, 0.05) is 16.3 Å². The molecule has 0 heterocycles. The van der Waals surface area contributed by atoms with Crippen LogP contribution in [0.1, 0.15) is 31.8 Å². The molecule has 108 valence electrons. The van der Waals surface area contributed by atoms with Crippen LogP contribution in [0.2, 0.25) is 5.02 Å². The maximum absolute atomic E-state index is 12.3. The van der Waals surface area contributed by atoms with Crippen LogP contribution in [-0.4, -0.2) is 17.0 Å². The Morgan fingerprint density at radius 1 is 1.05 bits per heavy atom. The number of aryl methyl sites for hydroxylation is 2. The minimum Gasteiger partial charge on any atom is -0.478 e. The summed E-state index contributed by atoms with van der Waals surface area (Å²) in [5.41, 5.74) is 2.66. The second kappa shape index (κ2) is 5.97. The van der Waals surface area contributed by atoms with E-state index in [4.69, 9.17) is 16.7 Å². The average molecular weight is 304 g/mol. The van der Waals surface area contributed by atoms with E-state index in [1.807, 2.05) is 0 Å². The minimum absolute atomic E-state index is 0.128. The fourth-order valence-electron chi connectivity index (χ4n) is 1.96. The fourth-order valence-corrected chi connectivity index (χ4v) is 2.19. The molecule has 0 spiro atoms. The van der Waals surface area contributed by atoms with E-state index in [0.717, 1.165) is 11.1 Å². The largest absolute Gasteiger partial charge is 0.478 e. The van der Waals surface area contributed by atoms with Gasteiger partial charge in [-0.25, -0.2) is 4.79 Å². The van der Waals surface area contributed by atoms with Crippen molar-refractivity contribution < 1.29 is 14.7 Å². The molecule has 0 saturated heterocycles. The smallest absolute Gasteiger partial charge is 0.335 e. The van der Waals surface area contributed by atoms with Gasteiger partial charge in [-0.1, -0.05) is 17.7 Å². The highest BCUT2D eigenvalue weighted by atomic mass is 35.5. The monoisotopic (exact) mass is 303 g/mol. The second-order valence-electron chi connectivity index (χ2n) is 4.75. The third-order valence-corrected chi connectivity index (χ3v) is 3.40. The molecule has 0 aliphatic carbocycles. The molecular formula is C16H14ClNO3. The SMILES string of the molecule is Cc1ccc(C(=O)O)cc1NC(=O)c1ccc(Cl)cc1C. The standard InChI is InChI=1S/C16H14ClNO3/c1-9-3-4-11(16(20)21)8-14(9)18-15(19)13-6-5-12(17)7-10(13)2/h3-8H,1-2H3,(H,18,19)(H,20,21). The summed E-state index contributed by atoms with van der Waals surface area (Å²) < 4.78 is 0. The molecule has 0 aliphatic heterocycles. The van der Waals surface area contributed by atoms with Gasteiger partial charge in [0.25, 0.3) is 5.91 Å². The van der Waals surface area contributed by atoms with E-state index >= 15 is 0 Å². The summed E-state index contributed by atoms with van der Waals surface area (Å²) in [7, 11) is 0. The zero-order valence-electron chi connectivity index (χ0n) is 11.6. The van der Waals surface area contributed by atoms with E-state index < -0.39 is 5.97 Å². The van der Waals surface area contributed by atoms with Gasteiger partial charge >= 0.3 is 5.97 Å². The molecule has 5 heteroatoms.